The van der Waals surface area contributed by atoms with Gasteiger partial charge in [-0.1, -0.05) is 13.8 Å². The summed E-state index contributed by atoms with van der Waals surface area (Å²) in [6.07, 6.45) is 4.69. The van der Waals surface area contributed by atoms with Gasteiger partial charge in [-0.25, -0.2) is 4.79 Å². The predicted molar refractivity (Wildman–Crippen MR) is 102 cm³/mol. The van der Waals surface area contributed by atoms with Crippen molar-refractivity contribution in [2.24, 2.45) is 0 Å². The minimum absolute atomic E-state index is 0.0427. The maximum absolute atomic E-state index is 12.2. The molecular weight excluding hydrogens is 350 g/mol. The van der Waals surface area contributed by atoms with Crippen molar-refractivity contribution in [2.75, 3.05) is 24.6 Å². The monoisotopic (exact) mass is 377 g/mol. The van der Waals surface area contributed by atoms with E-state index in [4.69, 9.17) is 4.74 Å². The van der Waals surface area contributed by atoms with Crippen molar-refractivity contribution in [2.45, 2.75) is 52.0 Å². The molecule has 0 aromatic heterocycles. The first kappa shape index (κ1) is 20.7. The van der Waals surface area contributed by atoms with Crippen LogP contribution in [-0.4, -0.2) is 42.5 Å². The number of piperidine rings is 1. The predicted octanol–water partition coefficient (Wildman–Crippen LogP) is 3.05. The van der Waals surface area contributed by atoms with Crippen LogP contribution in [0.5, 0.6) is 0 Å². The van der Waals surface area contributed by atoms with Gasteiger partial charge in [0.1, 0.15) is 5.69 Å². The summed E-state index contributed by atoms with van der Waals surface area (Å²) in [5.41, 5.74) is 0.466. The second-order valence-corrected chi connectivity index (χ2v) is 6.67. The maximum Gasteiger partial charge on any atom is 0.338 e. The number of nitrogens with one attached hydrogen (secondary N) is 1. The quantitative estimate of drug-likeness (QED) is 0.424. The zero-order valence-corrected chi connectivity index (χ0v) is 15.9. The minimum Gasteiger partial charge on any atom is -0.452 e. The molecule has 1 fully saturated rings. The second-order valence-electron chi connectivity index (χ2n) is 6.67. The minimum atomic E-state index is -0.747. The van der Waals surface area contributed by atoms with Gasteiger partial charge in [0, 0.05) is 25.2 Å². The Morgan fingerprint density at radius 1 is 1.22 bits per heavy atom. The molecular formula is C19H27N3O5. The lowest BCUT2D eigenvalue weighted by molar-refractivity contribution is -0.384. The van der Waals surface area contributed by atoms with Crippen molar-refractivity contribution in [1.29, 1.82) is 0 Å². The highest BCUT2D eigenvalue weighted by molar-refractivity contribution is 5.93. The summed E-state index contributed by atoms with van der Waals surface area (Å²) in [5.74, 6) is -1.13. The standard InChI is InChI=1S/C19H27N3O5/c1-3-15(4-2)20-18(23)13-27-19(24)14-8-9-16(17(12-14)22(25)26)21-10-6-5-7-11-21/h8-9,12,15H,3-7,10-11,13H2,1-2H3,(H,20,23). The van der Waals surface area contributed by atoms with Gasteiger partial charge >= 0.3 is 5.97 Å². The van der Waals surface area contributed by atoms with Crippen LogP contribution >= 0.6 is 0 Å². The molecule has 1 heterocycles. The molecule has 148 valence electrons. The number of benzene rings is 1. The SMILES string of the molecule is CCC(CC)NC(=O)COC(=O)c1ccc(N2CCCCC2)c([N+](=O)[O-])c1. The molecule has 1 amide bonds. The molecule has 1 aromatic carbocycles. The molecule has 1 aliphatic rings. The molecule has 0 aliphatic carbocycles. The van der Waals surface area contributed by atoms with Crippen molar-refractivity contribution < 1.29 is 19.2 Å². The van der Waals surface area contributed by atoms with E-state index in [1.807, 2.05) is 18.7 Å². The van der Waals surface area contributed by atoms with E-state index in [1.165, 1.54) is 12.1 Å². The zero-order valence-electron chi connectivity index (χ0n) is 15.9. The fraction of sp³-hybridized carbons (Fsp3) is 0.579. The van der Waals surface area contributed by atoms with E-state index in [9.17, 15) is 19.7 Å². The van der Waals surface area contributed by atoms with Gasteiger partial charge in [0.25, 0.3) is 11.6 Å². The van der Waals surface area contributed by atoms with Crippen molar-refractivity contribution in [3.05, 3.63) is 33.9 Å². The highest BCUT2D eigenvalue weighted by Gasteiger charge is 2.24. The number of anilines is 1. The molecule has 0 bridgehead atoms. The number of hydrogen-bond acceptors (Lipinski definition) is 6. The van der Waals surface area contributed by atoms with E-state index < -0.39 is 17.5 Å². The van der Waals surface area contributed by atoms with Crippen LogP contribution in [0.2, 0.25) is 0 Å². The molecule has 8 heteroatoms. The van der Waals surface area contributed by atoms with Crippen LogP contribution in [-0.2, 0) is 9.53 Å². The summed E-state index contributed by atoms with van der Waals surface area (Å²) in [7, 11) is 0. The summed E-state index contributed by atoms with van der Waals surface area (Å²) >= 11 is 0. The molecule has 8 nitrogen and oxygen atoms in total. The van der Waals surface area contributed by atoms with E-state index in [1.54, 1.807) is 6.07 Å². The number of nitro groups is 1. The number of amides is 1. The van der Waals surface area contributed by atoms with Crippen LogP contribution in [0.15, 0.2) is 18.2 Å². The number of nitro benzene ring substituents is 1. The lowest BCUT2D eigenvalue weighted by atomic mass is 10.1. The van der Waals surface area contributed by atoms with Crippen LogP contribution in [0.1, 0.15) is 56.3 Å². The zero-order chi connectivity index (χ0) is 19.8. The van der Waals surface area contributed by atoms with Crippen molar-refractivity contribution in [1.82, 2.24) is 5.32 Å². The number of ether oxygens (including phenoxy) is 1. The van der Waals surface area contributed by atoms with Crippen molar-refractivity contribution in [3.8, 4) is 0 Å². The molecule has 1 saturated heterocycles. The fourth-order valence-corrected chi connectivity index (χ4v) is 3.18. The van der Waals surface area contributed by atoms with Gasteiger partial charge < -0.3 is 15.0 Å². The van der Waals surface area contributed by atoms with E-state index in [-0.39, 0.29) is 23.2 Å². The van der Waals surface area contributed by atoms with Crippen LogP contribution in [0, 0.1) is 10.1 Å². The van der Waals surface area contributed by atoms with E-state index in [0.29, 0.717) is 5.69 Å². The summed E-state index contributed by atoms with van der Waals surface area (Å²) in [5, 5.41) is 14.2. The topological polar surface area (TPSA) is 102 Å². The van der Waals surface area contributed by atoms with Gasteiger partial charge in [0.05, 0.1) is 10.5 Å². The van der Waals surface area contributed by atoms with E-state index >= 15 is 0 Å². The smallest absolute Gasteiger partial charge is 0.338 e. The number of nitrogens with zero attached hydrogens (tertiary/aromatic N) is 2. The van der Waals surface area contributed by atoms with Crippen molar-refractivity contribution >= 4 is 23.3 Å². The summed E-state index contributed by atoms with van der Waals surface area (Å²) in [4.78, 5) is 37.0. The Bertz CT molecular complexity index is 682. The van der Waals surface area contributed by atoms with Gasteiger partial charge in [-0.05, 0) is 44.2 Å². The molecule has 0 saturated carbocycles. The third-order valence-electron chi connectivity index (χ3n) is 4.79. The molecule has 1 N–H and O–H groups in total. The molecule has 1 aliphatic heterocycles. The Labute approximate surface area is 159 Å². The Morgan fingerprint density at radius 2 is 1.89 bits per heavy atom. The van der Waals surface area contributed by atoms with E-state index in [0.717, 1.165) is 45.2 Å². The first-order valence-electron chi connectivity index (χ1n) is 9.46. The number of carbonyl (C=O) groups is 2. The summed E-state index contributed by atoms with van der Waals surface area (Å²) < 4.78 is 5.01. The average Bonchev–Trinajstić information content (AvgIpc) is 2.70. The van der Waals surface area contributed by atoms with Crippen LogP contribution in [0.4, 0.5) is 11.4 Å². The Balaban J connectivity index is 2.04. The van der Waals surface area contributed by atoms with Gasteiger partial charge in [-0.2, -0.15) is 0 Å². The molecule has 2 rings (SSSR count). The molecule has 0 atom stereocenters. The highest BCUT2D eigenvalue weighted by atomic mass is 16.6. The van der Waals surface area contributed by atoms with Crippen LogP contribution in [0.25, 0.3) is 0 Å². The number of hydrogen-bond donors (Lipinski definition) is 1. The van der Waals surface area contributed by atoms with Gasteiger partial charge in [-0.3, -0.25) is 14.9 Å². The first-order chi connectivity index (χ1) is 13.0. The Hall–Kier alpha value is -2.64. The Morgan fingerprint density at radius 3 is 2.48 bits per heavy atom. The largest absolute Gasteiger partial charge is 0.452 e. The molecule has 0 radical (unpaired) electrons. The van der Waals surface area contributed by atoms with Gasteiger partial charge in [-0.15, -0.1) is 0 Å². The van der Waals surface area contributed by atoms with Crippen LogP contribution < -0.4 is 10.2 Å². The highest BCUT2D eigenvalue weighted by Crippen LogP contribution is 2.31. The third kappa shape index (κ3) is 5.67. The van der Waals surface area contributed by atoms with Gasteiger partial charge in [0.2, 0.25) is 0 Å². The van der Waals surface area contributed by atoms with Crippen LogP contribution in [0.3, 0.4) is 0 Å². The number of esters is 1. The molecule has 1 aromatic rings. The molecule has 27 heavy (non-hydrogen) atoms. The van der Waals surface area contributed by atoms with E-state index in [2.05, 4.69) is 5.32 Å². The molecule has 0 spiro atoms. The number of carbonyl (C=O) groups excluding carboxylic acids is 2. The summed E-state index contributed by atoms with van der Waals surface area (Å²) in [6.45, 7) is 5.05. The Kier molecular flexibility index (Phi) is 7.57. The third-order valence-corrected chi connectivity index (χ3v) is 4.79. The maximum atomic E-state index is 12.2. The lowest BCUT2D eigenvalue weighted by Gasteiger charge is -2.28. The molecule has 0 unspecified atom stereocenters. The lowest BCUT2D eigenvalue weighted by Crippen LogP contribution is -2.36. The fourth-order valence-electron chi connectivity index (χ4n) is 3.18. The van der Waals surface area contributed by atoms with Crippen molar-refractivity contribution in [3.63, 3.8) is 0 Å². The summed E-state index contributed by atoms with van der Waals surface area (Å²) in [6, 6.07) is 4.37. The normalized spacial score (nSPS) is 14.1. The number of rotatable bonds is 8. The average molecular weight is 377 g/mol. The second kappa shape index (κ2) is 9.89. The first-order valence-corrected chi connectivity index (χ1v) is 9.46. The van der Waals surface area contributed by atoms with Gasteiger partial charge in [0.15, 0.2) is 6.61 Å².